The quantitative estimate of drug-likeness (QED) is 0.391. The van der Waals surface area contributed by atoms with E-state index < -0.39 is 0 Å². The second kappa shape index (κ2) is 10.1. The van der Waals surface area contributed by atoms with Crippen molar-refractivity contribution in [1.29, 1.82) is 0 Å². The predicted molar refractivity (Wildman–Crippen MR) is 115 cm³/mol. The Kier molecular flexibility index (Phi) is 7.53. The number of likely N-dealkylation sites (N-methyl/N-ethyl adjacent to an activating group) is 1. The number of thioether (sulfide) groups is 1. The van der Waals surface area contributed by atoms with Gasteiger partial charge >= 0.3 is 5.97 Å². The molecule has 0 saturated heterocycles. The SMILES string of the molecule is CCOC(=O)c1c(NC(=O)CCCSc2ccccc2)sc2c1CCN(C)C2. The van der Waals surface area contributed by atoms with Crippen molar-refractivity contribution in [2.75, 3.05) is 31.3 Å². The number of nitrogens with one attached hydrogen (secondary N) is 1. The van der Waals surface area contributed by atoms with E-state index in [2.05, 4.69) is 29.4 Å². The van der Waals surface area contributed by atoms with E-state index in [4.69, 9.17) is 4.74 Å². The van der Waals surface area contributed by atoms with E-state index in [0.717, 1.165) is 42.1 Å². The van der Waals surface area contributed by atoms with Crippen molar-refractivity contribution in [2.45, 2.75) is 37.6 Å². The standard InChI is InChI=1S/C21H26N2O3S2/c1-3-26-21(25)19-16-11-12-23(2)14-17(16)28-20(19)22-18(24)10-7-13-27-15-8-5-4-6-9-15/h4-6,8-9H,3,7,10-14H2,1-2H3,(H,22,24). The van der Waals surface area contributed by atoms with Gasteiger partial charge < -0.3 is 15.0 Å². The summed E-state index contributed by atoms with van der Waals surface area (Å²) >= 11 is 3.25. The molecular formula is C21H26N2O3S2. The largest absolute Gasteiger partial charge is 0.462 e. The molecule has 1 aliphatic rings. The number of carbonyl (C=O) groups is 2. The Morgan fingerprint density at radius 1 is 1.29 bits per heavy atom. The third-order valence-corrected chi connectivity index (χ3v) is 6.77. The summed E-state index contributed by atoms with van der Waals surface area (Å²) in [5, 5.41) is 3.61. The van der Waals surface area contributed by atoms with Gasteiger partial charge in [0, 0.05) is 29.3 Å². The third kappa shape index (κ3) is 5.37. The Labute approximate surface area is 174 Å². The van der Waals surface area contributed by atoms with Gasteiger partial charge in [0.15, 0.2) is 0 Å². The second-order valence-corrected chi connectivity index (χ2v) is 9.00. The minimum Gasteiger partial charge on any atom is -0.462 e. The van der Waals surface area contributed by atoms with Gasteiger partial charge in [-0.25, -0.2) is 4.79 Å². The van der Waals surface area contributed by atoms with Crippen LogP contribution < -0.4 is 5.32 Å². The zero-order chi connectivity index (χ0) is 19.9. The van der Waals surface area contributed by atoms with Gasteiger partial charge in [0.1, 0.15) is 5.00 Å². The monoisotopic (exact) mass is 418 g/mol. The van der Waals surface area contributed by atoms with Crippen LogP contribution in [0, 0.1) is 0 Å². The maximum atomic E-state index is 12.5. The number of hydrogen-bond donors (Lipinski definition) is 1. The predicted octanol–water partition coefficient (Wildman–Crippen LogP) is 4.42. The highest BCUT2D eigenvalue weighted by Gasteiger charge is 2.28. The van der Waals surface area contributed by atoms with Crippen LogP contribution in [-0.2, 0) is 22.5 Å². The summed E-state index contributed by atoms with van der Waals surface area (Å²) < 4.78 is 5.25. The molecule has 5 nitrogen and oxygen atoms in total. The van der Waals surface area contributed by atoms with Gasteiger partial charge in [0.05, 0.1) is 12.2 Å². The van der Waals surface area contributed by atoms with Crippen LogP contribution in [-0.4, -0.2) is 42.7 Å². The van der Waals surface area contributed by atoms with Crippen molar-refractivity contribution in [3.63, 3.8) is 0 Å². The Bertz CT molecular complexity index is 821. The molecule has 0 radical (unpaired) electrons. The Balaban J connectivity index is 1.60. The molecule has 1 aromatic carbocycles. The van der Waals surface area contributed by atoms with Crippen LogP contribution in [0.5, 0.6) is 0 Å². The molecule has 0 fully saturated rings. The number of rotatable bonds is 8. The molecule has 1 aliphatic heterocycles. The van der Waals surface area contributed by atoms with E-state index in [-0.39, 0.29) is 11.9 Å². The van der Waals surface area contributed by atoms with E-state index >= 15 is 0 Å². The van der Waals surface area contributed by atoms with E-state index in [0.29, 0.717) is 23.6 Å². The highest BCUT2D eigenvalue weighted by Crippen LogP contribution is 2.37. The number of benzene rings is 1. The summed E-state index contributed by atoms with van der Waals surface area (Å²) in [6, 6.07) is 10.2. The number of carbonyl (C=O) groups excluding carboxylic acids is 2. The first-order chi connectivity index (χ1) is 13.6. The first-order valence-corrected chi connectivity index (χ1v) is 11.4. The Morgan fingerprint density at radius 3 is 2.82 bits per heavy atom. The smallest absolute Gasteiger partial charge is 0.341 e. The summed E-state index contributed by atoms with van der Waals surface area (Å²) in [7, 11) is 2.06. The number of anilines is 1. The Hall–Kier alpha value is -1.83. The lowest BCUT2D eigenvalue weighted by Gasteiger charge is -2.22. The molecule has 2 aromatic rings. The lowest BCUT2D eigenvalue weighted by Crippen LogP contribution is -2.26. The summed E-state index contributed by atoms with van der Waals surface area (Å²) in [5.41, 5.74) is 1.60. The number of hydrogen-bond acceptors (Lipinski definition) is 6. The summed E-state index contributed by atoms with van der Waals surface area (Å²) in [5.74, 6) is 0.499. The number of fused-ring (bicyclic) bond motifs is 1. The number of nitrogens with zero attached hydrogens (tertiary/aromatic N) is 1. The van der Waals surface area contributed by atoms with Gasteiger partial charge in [-0.05, 0) is 50.3 Å². The van der Waals surface area contributed by atoms with Crippen LogP contribution in [0.4, 0.5) is 5.00 Å². The van der Waals surface area contributed by atoms with Gasteiger partial charge in [-0.15, -0.1) is 23.1 Å². The van der Waals surface area contributed by atoms with E-state index in [1.165, 1.54) is 16.2 Å². The van der Waals surface area contributed by atoms with Crippen molar-refractivity contribution < 1.29 is 14.3 Å². The fraction of sp³-hybridized carbons (Fsp3) is 0.429. The minimum atomic E-state index is -0.334. The summed E-state index contributed by atoms with van der Waals surface area (Å²) in [4.78, 5) is 29.5. The van der Waals surface area contributed by atoms with Crippen LogP contribution >= 0.6 is 23.1 Å². The molecule has 7 heteroatoms. The lowest BCUT2D eigenvalue weighted by atomic mass is 10.0. The van der Waals surface area contributed by atoms with E-state index in [1.807, 2.05) is 18.2 Å². The summed E-state index contributed by atoms with van der Waals surface area (Å²) in [6.07, 6.45) is 2.03. The highest BCUT2D eigenvalue weighted by molar-refractivity contribution is 7.99. The lowest BCUT2D eigenvalue weighted by molar-refractivity contribution is -0.116. The fourth-order valence-corrected chi connectivity index (χ4v) is 5.37. The fourth-order valence-electron chi connectivity index (χ4n) is 3.17. The zero-order valence-corrected chi connectivity index (χ0v) is 18.0. The molecule has 2 heterocycles. The molecule has 0 bridgehead atoms. The van der Waals surface area contributed by atoms with Crippen molar-refractivity contribution in [2.24, 2.45) is 0 Å². The van der Waals surface area contributed by atoms with Crippen molar-refractivity contribution in [1.82, 2.24) is 4.90 Å². The molecule has 3 rings (SSSR count). The molecule has 0 spiro atoms. The molecule has 0 atom stereocenters. The highest BCUT2D eigenvalue weighted by atomic mass is 32.2. The molecule has 0 saturated carbocycles. The molecular weight excluding hydrogens is 392 g/mol. The summed E-state index contributed by atoms with van der Waals surface area (Å²) in [6.45, 7) is 3.83. The van der Waals surface area contributed by atoms with Gasteiger partial charge in [-0.1, -0.05) is 18.2 Å². The van der Waals surface area contributed by atoms with Gasteiger partial charge in [-0.2, -0.15) is 0 Å². The van der Waals surface area contributed by atoms with Crippen LogP contribution in [0.1, 0.15) is 40.6 Å². The molecule has 1 aromatic heterocycles. The Morgan fingerprint density at radius 2 is 2.07 bits per heavy atom. The van der Waals surface area contributed by atoms with Crippen LogP contribution in [0.2, 0.25) is 0 Å². The minimum absolute atomic E-state index is 0.0499. The average Bonchev–Trinajstić information content (AvgIpc) is 3.03. The van der Waals surface area contributed by atoms with Gasteiger partial charge in [-0.3, -0.25) is 4.79 Å². The molecule has 1 N–H and O–H groups in total. The zero-order valence-electron chi connectivity index (χ0n) is 16.3. The molecule has 0 aliphatic carbocycles. The van der Waals surface area contributed by atoms with E-state index in [9.17, 15) is 9.59 Å². The first kappa shape index (κ1) is 20.9. The molecule has 0 unspecified atom stereocenters. The third-order valence-electron chi connectivity index (χ3n) is 4.54. The molecule has 150 valence electrons. The first-order valence-electron chi connectivity index (χ1n) is 9.56. The molecule has 1 amide bonds. The van der Waals surface area contributed by atoms with Crippen molar-refractivity contribution in [3.05, 3.63) is 46.3 Å². The maximum Gasteiger partial charge on any atom is 0.341 e. The van der Waals surface area contributed by atoms with Gasteiger partial charge in [0.25, 0.3) is 0 Å². The number of esters is 1. The average molecular weight is 419 g/mol. The van der Waals surface area contributed by atoms with Gasteiger partial charge in [0.2, 0.25) is 5.91 Å². The van der Waals surface area contributed by atoms with Crippen molar-refractivity contribution in [3.8, 4) is 0 Å². The maximum absolute atomic E-state index is 12.5. The van der Waals surface area contributed by atoms with Crippen LogP contribution in [0.15, 0.2) is 35.2 Å². The van der Waals surface area contributed by atoms with E-state index in [1.54, 1.807) is 18.7 Å². The second-order valence-electron chi connectivity index (χ2n) is 6.73. The number of amides is 1. The number of ether oxygens (including phenoxy) is 1. The number of thiophene rings is 1. The topological polar surface area (TPSA) is 58.6 Å². The normalized spacial score (nSPS) is 13.8. The van der Waals surface area contributed by atoms with Crippen LogP contribution in [0.25, 0.3) is 0 Å². The molecule has 28 heavy (non-hydrogen) atoms. The van der Waals surface area contributed by atoms with Crippen molar-refractivity contribution >= 4 is 40.0 Å². The van der Waals surface area contributed by atoms with Crippen LogP contribution in [0.3, 0.4) is 0 Å².